The Labute approximate surface area is 117 Å². The standard InChI is InChI=1S/C13H19N3O4/c1-3-9(14)8-15-13(17)10-6-5-7-11(16(18)19)12(10)20-4-2/h5-7,9H,3-4,8,14H2,1-2H3,(H,15,17). The number of hydrogen-bond acceptors (Lipinski definition) is 5. The molecule has 3 N–H and O–H groups in total. The molecule has 1 aromatic carbocycles. The molecule has 1 unspecified atom stereocenters. The Balaban J connectivity index is 3.01. The molecule has 1 rings (SSSR count). The van der Waals surface area contributed by atoms with Crippen molar-refractivity contribution in [3.8, 4) is 5.75 Å². The van der Waals surface area contributed by atoms with Gasteiger partial charge in [0.15, 0.2) is 0 Å². The minimum absolute atomic E-state index is 0.0115. The van der Waals surface area contributed by atoms with Crippen molar-refractivity contribution in [2.24, 2.45) is 5.73 Å². The van der Waals surface area contributed by atoms with E-state index in [0.29, 0.717) is 6.54 Å². The highest BCUT2D eigenvalue weighted by atomic mass is 16.6. The fraction of sp³-hybridized carbons (Fsp3) is 0.462. The summed E-state index contributed by atoms with van der Waals surface area (Å²) in [5.74, 6) is -0.441. The normalized spacial score (nSPS) is 11.8. The molecule has 0 spiro atoms. The van der Waals surface area contributed by atoms with Crippen LogP contribution in [-0.4, -0.2) is 30.0 Å². The van der Waals surface area contributed by atoms with Gasteiger partial charge in [-0.2, -0.15) is 0 Å². The third kappa shape index (κ3) is 3.92. The maximum Gasteiger partial charge on any atom is 0.311 e. The van der Waals surface area contributed by atoms with Gasteiger partial charge >= 0.3 is 5.69 Å². The SMILES string of the molecule is CCOc1c(C(=O)NCC(N)CC)cccc1[N+](=O)[O-]. The largest absolute Gasteiger partial charge is 0.487 e. The van der Waals surface area contributed by atoms with E-state index in [0.717, 1.165) is 6.42 Å². The Kier molecular flexibility index (Phi) is 5.92. The maximum absolute atomic E-state index is 12.1. The van der Waals surface area contributed by atoms with Crippen LogP contribution in [0.15, 0.2) is 18.2 Å². The lowest BCUT2D eigenvalue weighted by Gasteiger charge is -2.13. The van der Waals surface area contributed by atoms with Gasteiger partial charge in [0, 0.05) is 18.7 Å². The van der Waals surface area contributed by atoms with Crippen molar-refractivity contribution in [2.75, 3.05) is 13.2 Å². The number of carbonyl (C=O) groups is 1. The van der Waals surface area contributed by atoms with E-state index in [4.69, 9.17) is 10.5 Å². The minimum atomic E-state index is -0.570. The zero-order valence-electron chi connectivity index (χ0n) is 11.6. The molecule has 0 bridgehead atoms. The van der Waals surface area contributed by atoms with E-state index >= 15 is 0 Å². The van der Waals surface area contributed by atoms with Crippen LogP contribution in [-0.2, 0) is 0 Å². The van der Waals surface area contributed by atoms with Crippen LogP contribution in [0.4, 0.5) is 5.69 Å². The first-order valence-corrected chi connectivity index (χ1v) is 6.45. The van der Waals surface area contributed by atoms with Crippen LogP contribution < -0.4 is 15.8 Å². The number of nitro benzene ring substituents is 1. The van der Waals surface area contributed by atoms with E-state index in [9.17, 15) is 14.9 Å². The van der Waals surface area contributed by atoms with Crippen molar-refractivity contribution in [1.29, 1.82) is 0 Å². The molecule has 0 heterocycles. The van der Waals surface area contributed by atoms with E-state index in [-0.39, 0.29) is 29.6 Å². The number of nitrogens with zero attached hydrogens (tertiary/aromatic N) is 1. The monoisotopic (exact) mass is 281 g/mol. The number of carbonyl (C=O) groups excluding carboxylic acids is 1. The summed E-state index contributed by atoms with van der Waals surface area (Å²) < 4.78 is 5.25. The van der Waals surface area contributed by atoms with Crippen molar-refractivity contribution >= 4 is 11.6 Å². The third-order valence-corrected chi connectivity index (χ3v) is 2.77. The molecular weight excluding hydrogens is 262 g/mol. The number of hydrogen-bond donors (Lipinski definition) is 2. The second-order valence-corrected chi connectivity index (χ2v) is 4.22. The third-order valence-electron chi connectivity index (χ3n) is 2.77. The van der Waals surface area contributed by atoms with E-state index in [1.807, 2.05) is 6.92 Å². The first-order valence-electron chi connectivity index (χ1n) is 6.45. The van der Waals surface area contributed by atoms with Crippen LogP contribution in [0.25, 0.3) is 0 Å². The summed E-state index contributed by atoms with van der Waals surface area (Å²) in [6.07, 6.45) is 0.730. The molecule has 0 saturated carbocycles. The molecule has 1 atom stereocenters. The molecule has 0 aromatic heterocycles. The van der Waals surface area contributed by atoms with Crippen LogP contribution in [0.2, 0.25) is 0 Å². The van der Waals surface area contributed by atoms with Crippen molar-refractivity contribution in [3.05, 3.63) is 33.9 Å². The van der Waals surface area contributed by atoms with Crippen molar-refractivity contribution in [2.45, 2.75) is 26.3 Å². The summed E-state index contributed by atoms with van der Waals surface area (Å²) in [4.78, 5) is 22.5. The molecule has 7 heteroatoms. The van der Waals surface area contributed by atoms with Crippen molar-refractivity contribution in [3.63, 3.8) is 0 Å². The second-order valence-electron chi connectivity index (χ2n) is 4.22. The molecule has 20 heavy (non-hydrogen) atoms. The Morgan fingerprint density at radius 1 is 1.50 bits per heavy atom. The topological polar surface area (TPSA) is 107 Å². The zero-order valence-corrected chi connectivity index (χ0v) is 11.6. The van der Waals surface area contributed by atoms with E-state index in [1.165, 1.54) is 18.2 Å². The smallest absolute Gasteiger partial charge is 0.311 e. The lowest BCUT2D eigenvalue weighted by atomic mass is 10.1. The fourth-order valence-electron chi connectivity index (χ4n) is 1.61. The Morgan fingerprint density at radius 2 is 2.20 bits per heavy atom. The Bertz CT molecular complexity index is 491. The van der Waals surface area contributed by atoms with Crippen LogP contribution in [0.3, 0.4) is 0 Å². The summed E-state index contributed by atoms with van der Waals surface area (Å²) in [5, 5.41) is 13.6. The Hall–Kier alpha value is -2.15. The Morgan fingerprint density at radius 3 is 2.75 bits per heavy atom. The van der Waals surface area contributed by atoms with Crippen LogP contribution in [0.1, 0.15) is 30.6 Å². The quantitative estimate of drug-likeness (QED) is 0.581. The molecule has 1 aromatic rings. The molecule has 1 amide bonds. The number of nitrogens with two attached hydrogens (primary N) is 1. The predicted molar refractivity (Wildman–Crippen MR) is 74.9 cm³/mol. The van der Waals surface area contributed by atoms with Gasteiger partial charge in [-0.1, -0.05) is 13.0 Å². The molecule has 0 aliphatic rings. The molecule has 0 radical (unpaired) electrons. The summed E-state index contributed by atoms with van der Waals surface area (Å²) in [7, 11) is 0. The lowest BCUT2D eigenvalue weighted by molar-refractivity contribution is -0.385. The number of ether oxygens (including phenoxy) is 1. The summed E-state index contributed by atoms with van der Waals surface area (Å²) in [6, 6.07) is 4.10. The van der Waals surface area contributed by atoms with E-state index in [1.54, 1.807) is 6.92 Å². The first-order chi connectivity index (χ1) is 9.51. The van der Waals surface area contributed by atoms with Crippen LogP contribution >= 0.6 is 0 Å². The average Bonchev–Trinajstić information content (AvgIpc) is 2.44. The molecular formula is C13H19N3O4. The van der Waals surface area contributed by atoms with Gasteiger partial charge in [0.25, 0.3) is 5.91 Å². The van der Waals surface area contributed by atoms with Gasteiger partial charge in [0.1, 0.15) is 0 Å². The first kappa shape index (κ1) is 15.9. The average molecular weight is 281 g/mol. The van der Waals surface area contributed by atoms with Gasteiger partial charge in [0.2, 0.25) is 5.75 Å². The number of nitrogens with one attached hydrogen (secondary N) is 1. The lowest BCUT2D eigenvalue weighted by Crippen LogP contribution is -2.36. The van der Waals surface area contributed by atoms with E-state index in [2.05, 4.69) is 5.32 Å². The highest BCUT2D eigenvalue weighted by Gasteiger charge is 2.22. The molecule has 0 saturated heterocycles. The molecule has 0 aliphatic heterocycles. The van der Waals surface area contributed by atoms with Gasteiger partial charge in [-0.15, -0.1) is 0 Å². The number of nitro groups is 1. The van der Waals surface area contributed by atoms with Gasteiger partial charge in [-0.3, -0.25) is 14.9 Å². The maximum atomic E-state index is 12.1. The van der Waals surface area contributed by atoms with Gasteiger partial charge in [-0.25, -0.2) is 0 Å². The van der Waals surface area contributed by atoms with E-state index < -0.39 is 10.8 Å². The molecule has 7 nitrogen and oxygen atoms in total. The van der Waals surface area contributed by atoms with Crippen LogP contribution in [0, 0.1) is 10.1 Å². The molecule has 0 fully saturated rings. The summed E-state index contributed by atoms with van der Waals surface area (Å²) in [6.45, 7) is 4.16. The minimum Gasteiger partial charge on any atom is -0.487 e. The molecule has 110 valence electrons. The summed E-state index contributed by atoms with van der Waals surface area (Å²) in [5.41, 5.74) is 5.64. The summed E-state index contributed by atoms with van der Waals surface area (Å²) >= 11 is 0. The van der Waals surface area contributed by atoms with Crippen LogP contribution in [0.5, 0.6) is 5.75 Å². The fourth-order valence-corrected chi connectivity index (χ4v) is 1.61. The number of benzene rings is 1. The number of para-hydroxylation sites is 1. The molecule has 0 aliphatic carbocycles. The number of rotatable bonds is 7. The zero-order chi connectivity index (χ0) is 15.1. The second kappa shape index (κ2) is 7.44. The number of amides is 1. The van der Waals surface area contributed by atoms with Gasteiger partial charge in [0.05, 0.1) is 17.1 Å². The van der Waals surface area contributed by atoms with Gasteiger partial charge < -0.3 is 15.8 Å². The highest BCUT2D eigenvalue weighted by molar-refractivity contribution is 5.98. The highest BCUT2D eigenvalue weighted by Crippen LogP contribution is 2.30. The van der Waals surface area contributed by atoms with Crippen molar-refractivity contribution in [1.82, 2.24) is 5.32 Å². The van der Waals surface area contributed by atoms with Crippen molar-refractivity contribution < 1.29 is 14.5 Å². The predicted octanol–water partition coefficient (Wildman–Crippen LogP) is 1.46. The van der Waals surface area contributed by atoms with Gasteiger partial charge in [-0.05, 0) is 19.4 Å².